The predicted octanol–water partition coefficient (Wildman–Crippen LogP) is 1.35. The van der Waals surface area contributed by atoms with Gasteiger partial charge in [0.1, 0.15) is 6.10 Å². The van der Waals surface area contributed by atoms with E-state index in [4.69, 9.17) is 14.9 Å². The third-order valence-corrected chi connectivity index (χ3v) is 2.71. The molecule has 1 aromatic rings. The van der Waals surface area contributed by atoms with E-state index < -0.39 is 23.8 Å². The molecule has 1 atom stereocenters. The van der Waals surface area contributed by atoms with Gasteiger partial charge in [-0.1, -0.05) is 37.3 Å². The van der Waals surface area contributed by atoms with E-state index in [1.54, 1.807) is 31.2 Å². The van der Waals surface area contributed by atoms with Gasteiger partial charge in [-0.2, -0.15) is 0 Å². The van der Waals surface area contributed by atoms with Crippen molar-refractivity contribution in [2.75, 3.05) is 6.61 Å². The Kier molecular flexibility index (Phi) is 9.48. The van der Waals surface area contributed by atoms with Crippen molar-refractivity contribution < 1.29 is 34.8 Å². The van der Waals surface area contributed by atoms with E-state index in [1.807, 2.05) is 13.0 Å². The Morgan fingerprint density at radius 3 is 2.00 bits per heavy atom. The standard InChI is InChI=1S/C12H18O3.C4H4O4/c1-3-9-15-10(2)12(13,14)11-7-5-4-6-8-11;5-3(6)1-2-4(7)8/h4-8,10,13-14H,3,9H2,1-2H3;1-2H,(H,5,6)(H,7,8)/b;2-1+. The molecule has 0 fully saturated rings. The number of hydrogen-bond acceptors (Lipinski definition) is 5. The smallest absolute Gasteiger partial charge is 0.328 e. The number of aliphatic carboxylic acids is 2. The minimum atomic E-state index is -1.92. The van der Waals surface area contributed by atoms with Crippen LogP contribution in [0.3, 0.4) is 0 Å². The van der Waals surface area contributed by atoms with Crippen molar-refractivity contribution in [3.8, 4) is 0 Å². The number of carbonyl (C=O) groups is 2. The molecule has 0 aliphatic carbocycles. The van der Waals surface area contributed by atoms with Crippen molar-refractivity contribution in [1.29, 1.82) is 0 Å². The highest BCUT2D eigenvalue weighted by atomic mass is 16.6. The molecule has 23 heavy (non-hydrogen) atoms. The first-order valence-electron chi connectivity index (χ1n) is 6.97. The molecule has 0 amide bonds. The van der Waals surface area contributed by atoms with Gasteiger partial charge in [0.15, 0.2) is 0 Å². The molecule has 0 saturated heterocycles. The first kappa shape index (κ1) is 20.8. The minimum absolute atomic E-state index is 0.452. The summed E-state index contributed by atoms with van der Waals surface area (Å²) >= 11 is 0. The molecular weight excluding hydrogens is 304 g/mol. The zero-order valence-corrected chi connectivity index (χ0v) is 13.0. The SMILES string of the molecule is CCCOC(C)C(O)(O)c1ccccc1.O=C(O)/C=C/C(=O)O. The van der Waals surface area contributed by atoms with Gasteiger partial charge >= 0.3 is 11.9 Å². The normalized spacial score (nSPS) is 12.3. The summed E-state index contributed by atoms with van der Waals surface area (Å²) in [6.45, 7) is 4.16. The fourth-order valence-corrected chi connectivity index (χ4v) is 1.47. The van der Waals surface area contributed by atoms with E-state index in [-0.39, 0.29) is 0 Å². The first-order valence-corrected chi connectivity index (χ1v) is 6.97. The lowest BCUT2D eigenvalue weighted by atomic mass is 10.0. The van der Waals surface area contributed by atoms with Crippen molar-refractivity contribution >= 4 is 11.9 Å². The summed E-state index contributed by atoms with van der Waals surface area (Å²) in [4.78, 5) is 19.1. The van der Waals surface area contributed by atoms with Crippen LogP contribution in [0.5, 0.6) is 0 Å². The lowest BCUT2D eigenvalue weighted by molar-refractivity contribution is -0.242. The maximum Gasteiger partial charge on any atom is 0.328 e. The summed E-state index contributed by atoms with van der Waals surface area (Å²) in [7, 11) is 0. The Morgan fingerprint density at radius 2 is 1.61 bits per heavy atom. The highest BCUT2D eigenvalue weighted by molar-refractivity contribution is 5.89. The largest absolute Gasteiger partial charge is 0.478 e. The molecule has 0 spiro atoms. The van der Waals surface area contributed by atoms with Crippen LogP contribution in [0.15, 0.2) is 42.5 Å². The Morgan fingerprint density at radius 1 is 1.13 bits per heavy atom. The van der Waals surface area contributed by atoms with Gasteiger partial charge in [0.05, 0.1) is 0 Å². The third-order valence-electron chi connectivity index (χ3n) is 2.71. The Bertz CT molecular complexity index is 492. The van der Waals surface area contributed by atoms with Crippen molar-refractivity contribution in [1.82, 2.24) is 0 Å². The summed E-state index contributed by atoms with van der Waals surface area (Å²) in [6.07, 6.45) is 1.33. The van der Waals surface area contributed by atoms with Gasteiger partial charge in [0.25, 0.3) is 0 Å². The second kappa shape index (κ2) is 10.5. The quantitative estimate of drug-likeness (QED) is 0.440. The monoisotopic (exact) mass is 326 g/mol. The minimum Gasteiger partial charge on any atom is -0.478 e. The number of carboxylic acid groups (broad SMARTS) is 2. The molecule has 0 saturated carbocycles. The van der Waals surface area contributed by atoms with Crippen LogP contribution in [-0.2, 0) is 20.1 Å². The third kappa shape index (κ3) is 8.72. The highest BCUT2D eigenvalue weighted by Gasteiger charge is 2.33. The lowest BCUT2D eigenvalue weighted by Crippen LogP contribution is -2.39. The molecule has 4 N–H and O–H groups in total. The average Bonchev–Trinajstić information content (AvgIpc) is 2.52. The summed E-state index contributed by atoms with van der Waals surface area (Å²) < 4.78 is 5.31. The van der Waals surface area contributed by atoms with Gasteiger partial charge in [-0.15, -0.1) is 0 Å². The van der Waals surface area contributed by atoms with E-state index in [0.29, 0.717) is 24.3 Å². The maximum absolute atomic E-state index is 9.91. The Hall–Kier alpha value is -2.22. The van der Waals surface area contributed by atoms with Crippen LogP contribution in [-0.4, -0.2) is 45.1 Å². The van der Waals surface area contributed by atoms with Crippen LogP contribution in [0.25, 0.3) is 0 Å². The van der Waals surface area contributed by atoms with E-state index in [9.17, 15) is 19.8 Å². The van der Waals surface area contributed by atoms with Crippen LogP contribution < -0.4 is 0 Å². The molecule has 0 bridgehead atoms. The zero-order chi connectivity index (χ0) is 17.9. The second-order valence-corrected chi connectivity index (χ2v) is 4.61. The van der Waals surface area contributed by atoms with Gasteiger partial charge in [0.2, 0.25) is 5.79 Å². The van der Waals surface area contributed by atoms with Gasteiger partial charge in [0, 0.05) is 24.3 Å². The van der Waals surface area contributed by atoms with Crippen LogP contribution in [0.1, 0.15) is 25.8 Å². The fourth-order valence-electron chi connectivity index (χ4n) is 1.47. The van der Waals surface area contributed by atoms with Gasteiger partial charge in [-0.3, -0.25) is 0 Å². The van der Waals surface area contributed by atoms with Crippen LogP contribution in [0.2, 0.25) is 0 Å². The number of hydrogen-bond donors (Lipinski definition) is 4. The number of aliphatic hydroxyl groups is 2. The van der Waals surface area contributed by atoms with E-state index in [0.717, 1.165) is 6.42 Å². The summed E-state index contributed by atoms with van der Waals surface area (Å²) in [5.74, 6) is -4.43. The summed E-state index contributed by atoms with van der Waals surface area (Å²) in [5, 5.41) is 35.4. The number of carboxylic acids is 2. The molecule has 0 aromatic heterocycles. The van der Waals surface area contributed by atoms with Gasteiger partial charge in [-0.25, -0.2) is 9.59 Å². The average molecular weight is 326 g/mol. The molecule has 1 unspecified atom stereocenters. The second-order valence-electron chi connectivity index (χ2n) is 4.61. The maximum atomic E-state index is 9.91. The van der Waals surface area contributed by atoms with Gasteiger partial charge in [-0.05, 0) is 13.3 Å². The van der Waals surface area contributed by atoms with E-state index in [1.165, 1.54) is 0 Å². The zero-order valence-electron chi connectivity index (χ0n) is 13.0. The van der Waals surface area contributed by atoms with Crippen molar-refractivity contribution in [3.63, 3.8) is 0 Å². The number of rotatable bonds is 7. The highest BCUT2D eigenvalue weighted by Crippen LogP contribution is 2.23. The number of benzene rings is 1. The van der Waals surface area contributed by atoms with Gasteiger partial charge < -0.3 is 25.2 Å². The van der Waals surface area contributed by atoms with Crippen LogP contribution in [0, 0.1) is 0 Å². The van der Waals surface area contributed by atoms with E-state index >= 15 is 0 Å². The molecule has 0 heterocycles. The van der Waals surface area contributed by atoms with Crippen molar-refractivity contribution in [2.24, 2.45) is 0 Å². The van der Waals surface area contributed by atoms with Crippen LogP contribution >= 0.6 is 0 Å². The summed E-state index contributed by atoms with van der Waals surface area (Å²) in [5.41, 5.74) is 0.452. The predicted molar refractivity (Wildman–Crippen MR) is 82.7 cm³/mol. The lowest BCUT2D eigenvalue weighted by Gasteiger charge is -2.28. The van der Waals surface area contributed by atoms with Crippen LogP contribution in [0.4, 0.5) is 0 Å². The molecule has 0 aliphatic rings. The molecule has 0 aliphatic heterocycles. The molecule has 7 heteroatoms. The Labute approximate surface area is 134 Å². The molecule has 1 rings (SSSR count). The summed E-state index contributed by atoms with van der Waals surface area (Å²) in [6, 6.07) is 8.71. The van der Waals surface area contributed by atoms with Crippen molar-refractivity contribution in [3.05, 3.63) is 48.0 Å². The molecule has 0 radical (unpaired) electrons. The molecular formula is C16H22O7. The molecule has 1 aromatic carbocycles. The number of ether oxygens (including phenoxy) is 1. The van der Waals surface area contributed by atoms with E-state index in [2.05, 4.69) is 0 Å². The van der Waals surface area contributed by atoms with Crippen molar-refractivity contribution in [2.45, 2.75) is 32.2 Å². The fraction of sp³-hybridized carbons (Fsp3) is 0.375. The first-order chi connectivity index (χ1) is 10.7. The molecule has 128 valence electrons. The molecule has 7 nitrogen and oxygen atoms in total. The Balaban J connectivity index is 0.000000515. The topological polar surface area (TPSA) is 124 Å².